The summed E-state index contributed by atoms with van der Waals surface area (Å²) >= 11 is 0. The highest BCUT2D eigenvalue weighted by Crippen LogP contribution is 2.18. The van der Waals surface area contributed by atoms with Crippen LogP contribution in [0, 0.1) is 11.3 Å². The molecule has 2 aromatic rings. The van der Waals surface area contributed by atoms with E-state index in [2.05, 4.69) is 16.0 Å². The van der Waals surface area contributed by atoms with Crippen molar-refractivity contribution in [1.82, 2.24) is 14.8 Å². The van der Waals surface area contributed by atoms with Gasteiger partial charge in [0.1, 0.15) is 0 Å². The Morgan fingerprint density at radius 3 is 2.88 bits per heavy atom. The predicted molar refractivity (Wildman–Crippen MR) is 96.1 cm³/mol. The SMILES string of the molecule is N#CCCN(CCN1CCOCC1)C(=O)Cc1c[nH]c2ccccc12. The molecule has 25 heavy (non-hydrogen) atoms. The van der Waals surface area contributed by atoms with Crippen molar-refractivity contribution in [2.45, 2.75) is 12.8 Å². The summed E-state index contributed by atoms with van der Waals surface area (Å²) in [6, 6.07) is 10.1. The number of benzene rings is 1. The number of nitrogens with zero attached hydrogens (tertiary/aromatic N) is 3. The lowest BCUT2D eigenvalue weighted by Crippen LogP contribution is -2.43. The normalized spacial score (nSPS) is 15.2. The van der Waals surface area contributed by atoms with Gasteiger partial charge in [-0.15, -0.1) is 0 Å². The van der Waals surface area contributed by atoms with E-state index in [0.29, 0.717) is 25.9 Å². The number of carbonyl (C=O) groups excluding carboxylic acids is 1. The van der Waals surface area contributed by atoms with Gasteiger partial charge in [-0.05, 0) is 11.6 Å². The van der Waals surface area contributed by atoms with Crippen LogP contribution in [-0.2, 0) is 16.0 Å². The van der Waals surface area contributed by atoms with Crippen molar-refractivity contribution in [3.8, 4) is 6.07 Å². The highest BCUT2D eigenvalue weighted by atomic mass is 16.5. The number of aromatic nitrogens is 1. The zero-order valence-corrected chi connectivity index (χ0v) is 14.4. The summed E-state index contributed by atoms with van der Waals surface area (Å²) in [4.78, 5) is 20.1. The largest absolute Gasteiger partial charge is 0.379 e. The summed E-state index contributed by atoms with van der Waals surface area (Å²) in [5, 5.41) is 9.98. The molecule has 1 amide bonds. The fourth-order valence-corrected chi connectivity index (χ4v) is 3.19. The summed E-state index contributed by atoms with van der Waals surface area (Å²) in [6.07, 6.45) is 2.63. The number of carbonyl (C=O) groups is 1. The Morgan fingerprint density at radius 1 is 1.28 bits per heavy atom. The molecule has 2 heterocycles. The summed E-state index contributed by atoms with van der Waals surface area (Å²) in [7, 11) is 0. The van der Waals surface area contributed by atoms with Crippen LogP contribution in [0.25, 0.3) is 10.9 Å². The number of morpholine rings is 1. The van der Waals surface area contributed by atoms with Crippen molar-refractivity contribution >= 4 is 16.8 Å². The zero-order chi connectivity index (χ0) is 17.5. The van der Waals surface area contributed by atoms with Gasteiger partial charge in [0.25, 0.3) is 0 Å². The molecule has 0 saturated carbocycles. The van der Waals surface area contributed by atoms with Crippen molar-refractivity contribution in [3.63, 3.8) is 0 Å². The second kappa shape index (κ2) is 8.65. The Hall–Kier alpha value is -2.36. The van der Waals surface area contributed by atoms with Gasteiger partial charge < -0.3 is 14.6 Å². The molecule has 0 radical (unpaired) electrons. The van der Waals surface area contributed by atoms with E-state index in [1.54, 1.807) is 0 Å². The number of fused-ring (bicyclic) bond motifs is 1. The maximum absolute atomic E-state index is 12.8. The van der Waals surface area contributed by atoms with E-state index < -0.39 is 0 Å². The highest BCUT2D eigenvalue weighted by Gasteiger charge is 2.18. The average Bonchev–Trinajstić information content (AvgIpc) is 3.05. The van der Waals surface area contributed by atoms with E-state index in [-0.39, 0.29) is 5.91 Å². The fourth-order valence-electron chi connectivity index (χ4n) is 3.19. The lowest BCUT2D eigenvalue weighted by molar-refractivity contribution is -0.130. The maximum atomic E-state index is 12.8. The minimum Gasteiger partial charge on any atom is -0.379 e. The molecule has 1 fully saturated rings. The van der Waals surface area contributed by atoms with Crippen molar-refractivity contribution in [3.05, 3.63) is 36.0 Å². The van der Waals surface area contributed by atoms with Gasteiger partial charge >= 0.3 is 0 Å². The van der Waals surface area contributed by atoms with Crippen LogP contribution in [0.3, 0.4) is 0 Å². The van der Waals surface area contributed by atoms with Gasteiger partial charge in [-0.3, -0.25) is 9.69 Å². The summed E-state index contributed by atoms with van der Waals surface area (Å²) in [6.45, 7) is 5.29. The summed E-state index contributed by atoms with van der Waals surface area (Å²) < 4.78 is 5.36. The number of ether oxygens (including phenoxy) is 1. The Bertz CT molecular complexity index is 743. The molecule has 0 unspecified atom stereocenters. The third-order valence-electron chi connectivity index (χ3n) is 4.65. The van der Waals surface area contributed by atoms with E-state index in [1.165, 1.54) is 0 Å². The second-order valence-corrected chi connectivity index (χ2v) is 6.28. The monoisotopic (exact) mass is 340 g/mol. The van der Waals surface area contributed by atoms with Crippen LogP contribution < -0.4 is 0 Å². The number of nitrogens with one attached hydrogen (secondary N) is 1. The minimum absolute atomic E-state index is 0.0771. The first-order valence-corrected chi connectivity index (χ1v) is 8.78. The van der Waals surface area contributed by atoms with E-state index in [0.717, 1.165) is 49.3 Å². The Labute approximate surface area is 148 Å². The third kappa shape index (κ3) is 4.59. The smallest absolute Gasteiger partial charge is 0.227 e. The molecule has 3 rings (SSSR count). The topological polar surface area (TPSA) is 72.4 Å². The Balaban J connectivity index is 1.62. The van der Waals surface area contributed by atoms with Gasteiger partial charge in [0.2, 0.25) is 5.91 Å². The molecule has 1 aromatic carbocycles. The van der Waals surface area contributed by atoms with E-state index in [1.807, 2.05) is 35.4 Å². The van der Waals surface area contributed by atoms with E-state index in [9.17, 15) is 4.79 Å². The van der Waals surface area contributed by atoms with Crippen LogP contribution in [0.2, 0.25) is 0 Å². The summed E-state index contributed by atoms with van der Waals surface area (Å²) in [5.74, 6) is 0.0771. The lowest BCUT2D eigenvalue weighted by atomic mass is 10.1. The van der Waals surface area contributed by atoms with Gasteiger partial charge in [-0.25, -0.2) is 0 Å². The van der Waals surface area contributed by atoms with Gasteiger partial charge in [0.05, 0.1) is 32.1 Å². The van der Waals surface area contributed by atoms with Gasteiger partial charge in [-0.1, -0.05) is 18.2 Å². The number of amides is 1. The molecule has 1 aliphatic heterocycles. The molecule has 1 aromatic heterocycles. The van der Waals surface area contributed by atoms with Crippen molar-refractivity contribution < 1.29 is 9.53 Å². The number of H-pyrrole nitrogens is 1. The van der Waals surface area contributed by atoms with Crippen LogP contribution in [-0.4, -0.2) is 66.6 Å². The highest BCUT2D eigenvalue weighted by molar-refractivity contribution is 5.88. The van der Waals surface area contributed by atoms with Crippen LogP contribution in [0.4, 0.5) is 0 Å². The van der Waals surface area contributed by atoms with E-state index >= 15 is 0 Å². The first-order valence-electron chi connectivity index (χ1n) is 8.78. The molecule has 6 nitrogen and oxygen atoms in total. The van der Waals surface area contributed by atoms with Crippen LogP contribution in [0.1, 0.15) is 12.0 Å². The van der Waals surface area contributed by atoms with E-state index in [4.69, 9.17) is 10.00 Å². The van der Waals surface area contributed by atoms with Gasteiger partial charge in [0, 0.05) is 49.8 Å². The number of hydrogen-bond donors (Lipinski definition) is 1. The average molecular weight is 340 g/mol. The van der Waals surface area contributed by atoms with Crippen LogP contribution in [0.15, 0.2) is 30.5 Å². The van der Waals surface area contributed by atoms with Crippen LogP contribution in [0.5, 0.6) is 0 Å². The van der Waals surface area contributed by atoms with Crippen LogP contribution >= 0.6 is 0 Å². The lowest BCUT2D eigenvalue weighted by Gasteiger charge is -2.30. The van der Waals surface area contributed by atoms with Crippen molar-refractivity contribution in [1.29, 1.82) is 5.26 Å². The van der Waals surface area contributed by atoms with Gasteiger partial charge in [-0.2, -0.15) is 5.26 Å². The fraction of sp³-hybridized carbons (Fsp3) is 0.474. The van der Waals surface area contributed by atoms with Crippen molar-refractivity contribution in [2.24, 2.45) is 0 Å². The molecule has 0 spiro atoms. The second-order valence-electron chi connectivity index (χ2n) is 6.28. The minimum atomic E-state index is 0.0771. The molecular formula is C19H24N4O2. The molecule has 1 N–H and O–H groups in total. The third-order valence-corrected chi connectivity index (χ3v) is 4.65. The molecule has 132 valence electrons. The standard InChI is InChI=1S/C19H24N4O2/c20-6-3-7-23(9-8-22-10-12-25-13-11-22)19(24)14-16-15-21-18-5-2-1-4-17(16)18/h1-2,4-5,15,21H,3,7-14H2. The van der Waals surface area contributed by atoms with Crippen molar-refractivity contribution in [2.75, 3.05) is 45.9 Å². The molecular weight excluding hydrogens is 316 g/mol. The molecule has 0 aliphatic carbocycles. The predicted octanol–water partition coefficient (Wildman–Crippen LogP) is 1.78. The zero-order valence-electron chi connectivity index (χ0n) is 14.4. The molecule has 0 atom stereocenters. The number of para-hydroxylation sites is 1. The van der Waals surface area contributed by atoms with Gasteiger partial charge in [0.15, 0.2) is 0 Å². The molecule has 6 heteroatoms. The number of nitriles is 1. The molecule has 1 saturated heterocycles. The maximum Gasteiger partial charge on any atom is 0.227 e. The number of rotatable bonds is 7. The number of aromatic amines is 1. The first kappa shape index (κ1) is 17.5. The Kier molecular flexibility index (Phi) is 6.04. The molecule has 1 aliphatic rings. The quantitative estimate of drug-likeness (QED) is 0.834. The number of hydrogen-bond acceptors (Lipinski definition) is 4. The molecule has 0 bridgehead atoms. The first-order chi connectivity index (χ1) is 12.3. The Morgan fingerprint density at radius 2 is 2.08 bits per heavy atom. The summed E-state index contributed by atoms with van der Waals surface area (Å²) in [5.41, 5.74) is 2.05.